The van der Waals surface area contributed by atoms with Crippen LogP contribution in [0.15, 0.2) is 24.3 Å². The maximum Gasteiger partial charge on any atom is 0.226 e. The van der Waals surface area contributed by atoms with Gasteiger partial charge in [-0.25, -0.2) is 0 Å². The molecule has 1 aromatic carbocycles. The lowest BCUT2D eigenvalue weighted by molar-refractivity contribution is -0.145. The van der Waals surface area contributed by atoms with Crippen molar-refractivity contribution >= 4 is 23.4 Å². The Morgan fingerprint density at radius 1 is 1.27 bits per heavy atom. The Labute approximate surface area is 136 Å². The lowest BCUT2D eigenvalue weighted by atomic mass is 9.94. The third-order valence-corrected chi connectivity index (χ3v) is 5.01. The van der Waals surface area contributed by atoms with Gasteiger partial charge < -0.3 is 9.80 Å². The molecule has 0 aromatic heterocycles. The van der Waals surface area contributed by atoms with E-state index in [0.29, 0.717) is 18.0 Å². The van der Waals surface area contributed by atoms with Crippen LogP contribution >= 0.6 is 11.6 Å². The van der Waals surface area contributed by atoms with Gasteiger partial charge in [-0.15, -0.1) is 0 Å². The zero-order valence-corrected chi connectivity index (χ0v) is 13.6. The minimum atomic E-state index is -0.163. The summed E-state index contributed by atoms with van der Waals surface area (Å²) in [6.45, 7) is 1.45. The Kier molecular flexibility index (Phi) is 4.39. The summed E-state index contributed by atoms with van der Waals surface area (Å²) in [6.07, 6.45) is 3.07. The van der Waals surface area contributed by atoms with Crippen LogP contribution in [-0.2, 0) is 9.59 Å². The summed E-state index contributed by atoms with van der Waals surface area (Å²) in [5, 5.41) is 0.700. The van der Waals surface area contributed by atoms with Gasteiger partial charge in [0.1, 0.15) is 0 Å². The summed E-state index contributed by atoms with van der Waals surface area (Å²) >= 11 is 6.08. The summed E-state index contributed by atoms with van der Waals surface area (Å²) in [6, 6.07) is 7.85. The van der Waals surface area contributed by atoms with E-state index in [1.165, 1.54) is 0 Å². The number of carbonyl (C=O) groups is 2. The Hall–Kier alpha value is -1.55. The standard InChI is InChI=1S/C17H21ClN2O2/c1-19-9-7-13(11-16(19)21)17(22)20-8-3-6-15(20)12-4-2-5-14(18)10-12/h2,4-5,10,13,15H,3,6-9,11H2,1H3. The first-order chi connectivity index (χ1) is 10.6. The quantitative estimate of drug-likeness (QED) is 0.840. The van der Waals surface area contributed by atoms with Crippen LogP contribution in [0.2, 0.25) is 5.02 Å². The number of amides is 2. The highest BCUT2D eigenvalue weighted by atomic mass is 35.5. The Morgan fingerprint density at radius 3 is 2.82 bits per heavy atom. The largest absolute Gasteiger partial charge is 0.346 e. The number of rotatable bonds is 2. The van der Waals surface area contributed by atoms with E-state index < -0.39 is 0 Å². The van der Waals surface area contributed by atoms with Crippen LogP contribution in [0.4, 0.5) is 0 Å². The molecular weight excluding hydrogens is 300 g/mol. The molecule has 0 spiro atoms. The first-order valence-corrected chi connectivity index (χ1v) is 8.24. The summed E-state index contributed by atoms with van der Waals surface area (Å²) < 4.78 is 0. The number of hydrogen-bond donors (Lipinski definition) is 0. The third kappa shape index (κ3) is 2.98. The Morgan fingerprint density at radius 2 is 2.09 bits per heavy atom. The van der Waals surface area contributed by atoms with Crippen LogP contribution in [0.3, 0.4) is 0 Å². The molecule has 2 fully saturated rings. The fourth-order valence-electron chi connectivity index (χ4n) is 3.48. The maximum absolute atomic E-state index is 12.8. The van der Waals surface area contributed by atoms with Crippen molar-refractivity contribution in [3.05, 3.63) is 34.9 Å². The van der Waals surface area contributed by atoms with Crippen molar-refractivity contribution in [1.82, 2.24) is 9.80 Å². The summed E-state index contributed by atoms with van der Waals surface area (Å²) in [5.74, 6) is 0.0375. The van der Waals surface area contributed by atoms with E-state index in [1.54, 1.807) is 11.9 Å². The molecule has 2 atom stereocenters. The molecule has 2 aliphatic heterocycles. The highest BCUT2D eigenvalue weighted by molar-refractivity contribution is 6.30. The fourth-order valence-corrected chi connectivity index (χ4v) is 3.68. The van der Waals surface area contributed by atoms with Crippen LogP contribution in [0.25, 0.3) is 0 Å². The first kappa shape index (κ1) is 15.3. The van der Waals surface area contributed by atoms with Crippen molar-refractivity contribution in [2.45, 2.75) is 31.7 Å². The molecule has 118 valence electrons. The average molecular weight is 321 g/mol. The topological polar surface area (TPSA) is 40.6 Å². The van der Waals surface area contributed by atoms with E-state index in [-0.39, 0.29) is 23.8 Å². The van der Waals surface area contributed by atoms with Gasteiger partial charge in [-0.05, 0) is 37.0 Å². The fraction of sp³-hybridized carbons (Fsp3) is 0.529. The first-order valence-electron chi connectivity index (χ1n) is 7.86. The van der Waals surface area contributed by atoms with Gasteiger partial charge in [0.2, 0.25) is 11.8 Å². The Balaban J connectivity index is 1.75. The second kappa shape index (κ2) is 6.29. The minimum absolute atomic E-state index is 0.0723. The van der Waals surface area contributed by atoms with Crippen LogP contribution in [0.5, 0.6) is 0 Å². The number of nitrogens with zero attached hydrogens (tertiary/aromatic N) is 2. The molecule has 0 saturated carbocycles. The van der Waals surface area contributed by atoms with Gasteiger partial charge in [0.15, 0.2) is 0 Å². The molecule has 22 heavy (non-hydrogen) atoms. The van der Waals surface area contributed by atoms with Crippen LogP contribution in [0.1, 0.15) is 37.3 Å². The van der Waals surface area contributed by atoms with Crippen LogP contribution in [-0.4, -0.2) is 41.8 Å². The summed E-state index contributed by atoms with van der Waals surface area (Å²) in [5.41, 5.74) is 1.10. The zero-order chi connectivity index (χ0) is 15.7. The van der Waals surface area contributed by atoms with Gasteiger partial charge in [-0.2, -0.15) is 0 Å². The second-order valence-electron chi connectivity index (χ2n) is 6.25. The molecule has 2 amide bonds. The molecule has 5 heteroatoms. The van der Waals surface area contributed by atoms with Crippen molar-refractivity contribution < 1.29 is 9.59 Å². The molecule has 2 aliphatic rings. The highest BCUT2D eigenvalue weighted by Gasteiger charge is 2.36. The molecular formula is C17H21ClN2O2. The van der Waals surface area contributed by atoms with Crippen LogP contribution < -0.4 is 0 Å². The van der Waals surface area contributed by atoms with Gasteiger partial charge >= 0.3 is 0 Å². The van der Waals surface area contributed by atoms with Crippen molar-refractivity contribution in [1.29, 1.82) is 0 Å². The van der Waals surface area contributed by atoms with E-state index in [0.717, 1.165) is 31.4 Å². The van der Waals surface area contributed by atoms with Gasteiger partial charge in [0.25, 0.3) is 0 Å². The van der Waals surface area contributed by atoms with Gasteiger partial charge in [-0.3, -0.25) is 9.59 Å². The molecule has 0 aliphatic carbocycles. The van der Waals surface area contributed by atoms with Crippen molar-refractivity contribution in [2.24, 2.45) is 5.92 Å². The second-order valence-corrected chi connectivity index (χ2v) is 6.69. The lowest BCUT2D eigenvalue weighted by Gasteiger charge is -2.33. The normalized spacial score (nSPS) is 25.6. The van der Waals surface area contributed by atoms with Gasteiger partial charge in [0.05, 0.1) is 6.04 Å². The minimum Gasteiger partial charge on any atom is -0.346 e. The van der Waals surface area contributed by atoms with Gasteiger partial charge in [-0.1, -0.05) is 23.7 Å². The molecule has 1 aromatic rings. The summed E-state index contributed by atoms with van der Waals surface area (Å²) in [4.78, 5) is 28.4. The molecule has 0 radical (unpaired) electrons. The maximum atomic E-state index is 12.8. The van der Waals surface area contributed by atoms with E-state index in [4.69, 9.17) is 11.6 Å². The lowest BCUT2D eigenvalue weighted by Crippen LogP contribution is -2.43. The Bertz CT molecular complexity index is 590. The van der Waals surface area contributed by atoms with E-state index in [1.807, 2.05) is 29.2 Å². The predicted molar refractivity (Wildman–Crippen MR) is 85.5 cm³/mol. The monoisotopic (exact) mass is 320 g/mol. The van der Waals surface area contributed by atoms with Crippen LogP contribution in [0, 0.1) is 5.92 Å². The van der Waals surface area contributed by atoms with Crippen molar-refractivity contribution in [2.75, 3.05) is 20.1 Å². The molecule has 2 unspecified atom stereocenters. The average Bonchev–Trinajstić information content (AvgIpc) is 2.99. The van der Waals surface area contributed by atoms with Gasteiger partial charge in [0, 0.05) is 37.5 Å². The SMILES string of the molecule is CN1CCC(C(=O)N2CCCC2c2cccc(Cl)c2)CC1=O. The molecule has 0 bridgehead atoms. The number of carbonyl (C=O) groups excluding carboxylic acids is 2. The van der Waals surface area contributed by atoms with E-state index in [2.05, 4.69) is 0 Å². The van der Waals surface area contributed by atoms with Crippen molar-refractivity contribution in [3.8, 4) is 0 Å². The third-order valence-electron chi connectivity index (χ3n) is 4.78. The predicted octanol–water partition coefficient (Wildman–Crippen LogP) is 2.87. The molecule has 4 nitrogen and oxygen atoms in total. The van der Waals surface area contributed by atoms with E-state index in [9.17, 15) is 9.59 Å². The number of benzene rings is 1. The number of hydrogen-bond acceptors (Lipinski definition) is 2. The molecule has 2 saturated heterocycles. The summed E-state index contributed by atoms with van der Waals surface area (Å²) in [7, 11) is 1.80. The van der Waals surface area contributed by atoms with E-state index >= 15 is 0 Å². The highest BCUT2D eigenvalue weighted by Crippen LogP contribution is 2.35. The molecule has 3 rings (SSSR count). The molecule has 0 N–H and O–H groups in total. The van der Waals surface area contributed by atoms with Crippen molar-refractivity contribution in [3.63, 3.8) is 0 Å². The zero-order valence-electron chi connectivity index (χ0n) is 12.8. The molecule has 2 heterocycles. The number of piperidine rings is 1. The number of likely N-dealkylation sites (tertiary alicyclic amines) is 2. The smallest absolute Gasteiger partial charge is 0.226 e. The number of halogens is 1.